The minimum absolute atomic E-state index is 0.0853. The fourth-order valence-corrected chi connectivity index (χ4v) is 3.28. The summed E-state index contributed by atoms with van der Waals surface area (Å²) in [5.74, 6) is 0.219. The van der Waals surface area contributed by atoms with E-state index in [-0.39, 0.29) is 11.7 Å². The molecule has 1 heterocycles. The third-order valence-corrected chi connectivity index (χ3v) is 5.21. The highest BCUT2D eigenvalue weighted by Crippen LogP contribution is 2.24. The molecule has 1 amide bonds. The number of carbonyl (C=O) groups excluding carboxylic acids is 2. The van der Waals surface area contributed by atoms with E-state index in [4.69, 9.17) is 0 Å². The standard InChI is InChI=1S/C25H26N2O2/c1-4-25(29)27(3)23-14-11-21(12-15-23)20-7-9-22(10-8-20)24(28)16-13-19-6-5-17-26-18(19)2/h5-12,14-15,17H,4,13,16H2,1-3H3. The molecule has 1 aromatic heterocycles. The molecule has 4 nitrogen and oxygen atoms in total. The number of aryl methyl sites for hydroxylation is 2. The van der Waals surface area contributed by atoms with E-state index in [0.29, 0.717) is 19.3 Å². The summed E-state index contributed by atoms with van der Waals surface area (Å²) in [5.41, 5.74) is 5.78. The number of hydrogen-bond donors (Lipinski definition) is 0. The molecule has 0 aliphatic carbocycles. The first kappa shape index (κ1) is 20.5. The molecule has 3 rings (SSSR count). The first-order valence-corrected chi connectivity index (χ1v) is 9.90. The molecule has 29 heavy (non-hydrogen) atoms. The molecule has 0 saturated carbocycles. The second kappa shape index (κ2) is 9.28. The summed E-state index contributed by atoms with van der Waals surface area (Å²) < 4.78 is 0. The second-order valence-electron chi connectivity index (χ2n) is 7.10. The molecule has 0 aliphatic heterocycles. The summed E-state index contributed by atoms with van der Waals surface area (Å²) >= 11 is 0. The van der Waals surface area contributed by atoms with Crippen LogP contribution >= 0.6 is 0 Å². The van der Waals surface area contributed by atoms with Gasteiger partial charge >= 0.3 is 0 Å². The number of amides is 1. The summed E-state index contributed by atoms with van der Waals surface area (Å²) in [6, 6.07) is 19.5. The SMILES string of the molecule is CCC(=O)N(C)c1ccc(-c2ccc(C(=O)CCc3cccnc3C)cc2)cc1. The van der Waals surface area contributed by atoms with E-state index < -0.39 is 0 Å². The van der Waals surface area contributed by atoms with Crippen molar-refractivity contribution in [1.82, 2.24) is 4.98 Å². The molecular formula is C25H26N2O2. The Hall–Kier alpha value is -3.27. The summed E-state index contributed by atoms with van der Waals surface area (Å²) in [7, 11) is 1.79. The minimum Gasteiger partial charge on any atom is -0.316 e. The zero-order valence-electron chi connectivity index (χ0n) is 17.2. The van der Waals surface area contributed by atoms with Crippen LogP contribution in [0.1, 0.15) is 41.4 Å². The van der Waals surface area contributed by atoms with Crippen LogP contribution in [0.5, 0.6) is 0 Å². The Morgan fingerprint density at radius 3 is 2.14 bits per heavy atom. The molecule has 2 aromatic carbocycles. The van der Waals surface area contributed by atoms with Gasteiger partial charge in [-0.2, -0.15) is 0 Å². The third kappa shape index (κ3) is 4.96. The monoisotopic (exact) mass is 386 g/mol. The maximum Gasteiger partial charge on any atom is 0.226 e. The average Bonchev–Trinajstić information content (AvgIpc) is 2.77. The summed E-state index contributed by atoms with van der Waals surface area (Å²) in [6.07, 6.45) is 3.42. The van der Waals surface area contributed by atoms with Gasteiger partial charge in [-0.05, 0) is 48.2 Å². The van der Waals surface area contributed by atoms with E-state index in [1.54, 1.807) is 18.1 Å². The van der Waals surface area contributed by atoms with E-state index in [2.05, 4.69) is 4.98 Å². The first-order valence-electron chi connectivity index (χ1n) is 9.90. The fraction of sp³-hybridized carbons (Fsp3) is 0.240. The summed E-state index contributed by atoms with van der Waals surface area (Å²) in [6.45, 7) is 3.82. The van der Waals surface area contributed by atoms with Gasteiger partial charge in [0.2, 0.25) is 5.91 Å². The van der Waals surface area contributed by atoms with Crippen LogP contribution in [0.4, 0.5) is 5.69 Å². The Balaban J connectivity index is 1.66. The number of Topliss-reactive ketones (excluding diaryl/α,β-unsaturated/α-hetero) is 1. The number of ketones is 1. The normalized spacial score (nSPS) is 10.6. The van der Waals surface area contributed by atoms with Crippen molar-refractivity contribution in [3.05, 3.63) is 83.7 Å². The number of aromatic nitrogens is 1. The lowest BCUT2D eigenvalue weighted by Gasteiger charge is -2.16. The number of benzene rings is 2. The van der Waals surface area contributed by atoms with Gasteiger partial charge < -0.3 is 4.90 Å². The van der Waals surface area contributed by atoms with Gasteiger partial charge in [-0.15, -0.1) is 0 Å². The zero-order valence-corrected chi connectivity index (χ0v) is 17.2. The van der Waals surface area contributed by atoms with Crippen molar-refractivity contribution in [2.45, 2.75) is 33.1 Å². The molecule has 0 radical (unpaired) electrons. The van der Waals surface area contributed by atoms with Crippen LogP contribution in [0.15, 0.2) is 66.9 Å². The van der Waals surface area contributed by atoms with Crippen molar-refractivity contribution in [3.63, 3.8) is 0 Å². The van der Waals surface area contributed by atoms with Gasteiger partial charge in [-0.25, -0.2) is 0 Å². The first-order chi connectivity index (χ1) is 14.0. The molecule has 0 unspecified atom stereocenters. The highest BCUT2D eigenvalue weighted by atomic mass is 16.2. The Morgan fingerprint density at radius 2 is 1.55 bits per heavy atom. The lowest BCUT2D eigenvalue weighted by atomic mass is 9.99. The Labute approximate surface area is 172 Å². The van der Waals surface area contributed by atoms with Crippen LogP contribution < -0.4 is 4.90 Å². The Kier molecular flexibility index (Phi) is 6.55. The van der Waals surface area contributed by atoms with Crippen molar-refractivity contribution in [2.24, 2.45) is 0 Å². The van der Waals surface area contributed by atoms with Gasteiger partial charge in [-0.3, -0.25) is 14.6 Å². The lowest BCUT2D eigenvalue weighted by Crippen LogP contribution is -2.24. The molecular weight excluding hydrogens is 360 g/mol. The van der Waals surface area contributed by atoms with E-state index in [1.807, 2.05) is 74.5 Å². The van der Waals surface area contributed by atoms with Crippen molar-refractivity contribution >= 4 is 17.4 Å². The molecule has 0 bridgehead atoms. The fourth-order valence-electron chi connectivity index (χ4n) is 3.28. The van der Waals surface area contributed by atoms with Crippen molar-refractivity contribution in [1.29, 1.82) is 0 Å². The molecule has 0 spiro atoms. The van der Waals surface area contributed by atoms with Gasteiger partial charge in [0.1, 0.15) is 0 Å². The van der Waals surface area contributed by atoms with Crippen LogP contribution in [-0.4, -0.2) is 23.7 Å². The molecule has 0 N–H and O–H groups in total. The van der Waals surface area contributed by atoms with Crippen molar-refractivity contribution in [3.8, 4) is 11.1 Å². The zero-order chi connectivity index (χ0) is 20.8. The minimum atomic E-state index is 0.0853. The molecule has 0 atom stereocenters. The number of rotatable bonds is 7. The van der Waals surface area contributed by atoms with Crippen LogP contribution in [0.3, 0.4) is 0 Å². The van der Waals surface area contributed by atoms with Gasteiger partial charge in [0, 0.05) is 43.0 Å². The largest absolute Gasteiger partial charge is 0.316 e. The predicted octanol–water partition coefficient (Wildman–Crippen LogP) is 5.25. The smallest absolute Gasteiger partial charge is 0.226 e. The van der Waals surface area contributed by atoms with Crippen LogP contribution in [0, 0.1) is 6.92 Å². The molecule has 3 aromatic rings. The topological polar surface area (TPSA) is 50.3 Å². The second-order valence-corrected chi connectivity index (χ2v) is 7.10. The Morgan fingerprint density at radius 1 is 0.931 bits per heavy atom. The van der Waals surface area contributed by atoms with Crippen molar-refractivity contribution in [2.75, 3.05) is 11.9 Å². The lowest BCUT2D eigenvalue weighted by molar-refractivity contribution is -0.118. The third-order valence-electron chi connectivity index (χ3n) is 5.21. The number of carbonyl (C=O) groups is 2. The molecule has 0 aliphatic rings. The predicted molar refractivity (Wildman–Crippen MR) is 117 cm³/mol. The molecule has 0 saturated heterocycles. The van der Waals surface area contributed by atoms with Gasteiger partial charge in [0.25, 0.3) is 0 Å². The Bertz CT molecular complexity index is 992. The van der Waals surface area contributed by atoms with E-state index in [9.17, 15) is 9.59 Å². The van der Waals surface area contributed by atoms with Crippen LogP contribution in [0.25, 0.3) is 11.1 Å². The van der Waals surface area contributed by atoms with Crippen LogP contribution in [-0.2, 0) is 11.2 Å². The van der Waals surface area contributed by atoms with E-state index in [1.165, 1.54) is 0 Å². The maximum atomic E-state index is 12.5. The van der Waals surface area contributed by atoms with Crippen molar-refractivity contribution < 1.29 is 9.59 Å². The van der Waals surface area contributed by atoms with Crippen LogP contribution in [0.2, 0.25) is 0 Å². The number of nitrogens with zero attached hydrogens (tertiary/aromatic N) is 2. The highest BCUT2D eigenvalue weighted by molar-refractivity contribution is 5.96. The molecule has 0 fully saturated rings. The van der Waals surface area contributed by atoms with E-state index in [0.717, 1.165) is 33.6 Å². The molecule has 148 valence electrons. The number of anilines is 1. The van der Waals surface area contributed by atoms with E-state index >= 15 is 0 Å². The maximum absolute atomic E-state index is 12.5. The highest BCUT2D eigenvalue weighted by Gasteiger charge is 2.10. The number of pyridine rings is 1. The van der Waals surface area contributed by atoms with Gasteiger partial charge in [0.05, 0.1) is 0 Å². The average molecular weight is 386 g/mol. The quantitative estimate of drug-likeness (QED) is 0.521. The molecule has 4 heteroatoms. The summed E-state index contributed by atoms with van der Waals surface area (Å²) in [5, 5.41) is 0. The number of hydrogen-bond acceptors (Lipinski definition) is 3. The summed E-state index contributed by atoms with van der Waals surface area (Å²) in [4.78, 5) is 30.3. The van der Waals surface area contributed by atoms with Gasteiger partial charge in [0.15, 0.2) is 5.78 Å². The van der Waals surface area contributed by atoms with Gasteiger partial charge in [-0.1, -0.05) is 49.4 Å².